The van der Waals surface area contributed by atoms with Crippen LogP contribution in [0.3, 0.4) is 0 Å². The molecule has 0 spiro atoms. The van der Waals surface area contributed by atoms with Gasteiger partial charge in [-0.1, -0.05) is 19.3 Å². The molecule has 23 heavy (non-hydrogen) atoms. The van der Waals surface area contributed by atoms with E-state index in [2.05, 4.69) is 20.2 Å². The van der Waals surface area contributed by atoms with Crippen LogP contribution in [0.25, 0.3) is 0 Å². The Balaban J connectivity index is 1.36. The van der Waals surface area contributed by atoms with Crippen LogP contribution >= 0.6 is 0 Å². The van der Waals surface area contributed by atoms with E-state index in [1.807, 2.05) is 11.0 Å². The van der Waals surface area contributed by atoms with E-state index in [0.717, 1.165) is 38.7 Å². The number of rotatable bonds is 5. The summed E-state index contributed by atoms with van der Waals surface area (Å²) in [6.45, 7) is 3.96. The number of nitrogens with one attached hydrogen (secondary N) is 1. The number of anilines is 1. The number of piperazine rings is 1. The number of amides is 1. The molecule has 0 aromatic carbocycles. The maximum absolute atomic E-state index is 12.3. The second-order valence-corrected chi connectivity index (χ2v) is 6.46. The number of hydrogen-bond donors (Lipinski definition) is 1. The molecule has 6 nitrogen and oxygen atoms in total. The molecule has 0 radical (unpaired) electrons. The van der Waals surface area contributed by atoms with Crippen LogP contribution in [0.15, 0.2) is 18.5 Å². The number of aromatic nitrogens is 2. The van der Waals surface area contributed by atoms with Crippen molar-refractivity contribution >= 4 is 11.9 Å². The van der Waals surface area contributed by atoms with Gasteiger partial charge in [-0.2, -0.15) is 0 Å². The highest BCUT2D eigenvalue weighted by atomic mass is 16.2. The lowest BCUT2D eigenvalue weighted by Crippen LogP contribution is -2.49. The van der Waals surface area contributed by atoms with E-state index >= 15 is 0 Å². The molecule has 1 saturated heterocycles. The van der Waals surface area contributed by atoms with Crippen LogP contribution in [0.5, 0.6) is 0 Å². The molecular weight excluding hydrogens is 290 g/mol. The first-order valence-corrected chi connectivity index (χ1v) is 8.86. The highest BCUT2D eigenvalue weighted by molar-refractivity contribution is 5.76. The average Bonchev–Trinajstić information content (AvgIpc) is 2.63. The van der Waals surface area contributed by atoms with Crippen molar-refractivity contribution in [3.8, 4) is 0 Å². The Morgan fingerprint density at radius 3 is 2.48 bits per heavy atom. The standard InChI is InChI=1S/C17H27N5O/c23-16(7-10-18-15-5-2-1-3-6-15)21-11-13-22(14-12-21)17-19-8-4-9-20-17/h4,8-9,15,18H,1-3,5-7,10-14H2. The van der Waals surface area contributed by atoms with E-state index in [-0.39, 0.29) is 5.91 Å². The molecular formula is C17H27N5O. The zero-order valence-electron chi connectivity index (χ0n) is 13.8. The molecule has 2 fully saturated rings. The van der Waals surface area contributed by atoms with Crippen molar-refractivity contribution in [1.29, 1.82) is 0 Å². The summed E-state index contributed by atoms with van der Waals surface area (Å²) >= 11 is 0. The lowest BCUT2D eigenvalue weighted by molar-refractivity contribution is -0.131. The summed E-state index contributed by atoms with van der Waals surface area (Å²) < 4.78 is 0. The van der Waals surface area contributed by atoms with Gasteiger partial charge in [-0.3, -0.25) is 4.79 Å². The van der Waals surface area contributed by atoms with Crippen molar-refractivity contribution in [1.82, 2.24) is 20.2 Å². The predicted molar refractivity (Wildman–Crippen MR) is 90.3 cm³/mol. The third kappa shape index (κ3) is 4.64. The Morgan fingerprint density at radius 2 is 1.78 bits per heavy atom. The molecule has 126 valence electrons. The summed E-state index contributed by atoms with van der Waals surface area (Å²) in [6, 6.07) is 2.45. The van der Waals surface area contributed by atoms with Gasteiger partial charge in [-0.05, 0) is 18.9 Å². The summed E-state index contributed by atoms with van der Waals surface area (Å²) in [5.74, 6) is 1.03. The Hall–Kier alpha value is -1.69. The van der Waals surface area contributed by atoms with E-state index < -0.39 is 0 Å². The summed E-state index contributed by atoms with van der Waals surface area (Å²) in [5.41, 5.74) is 0. The molecule has 1 N–H and O–H groups in total. The van der Waals surface area contributed by atoms with Crippen molar-refractivity contribution in [2.75, 3.05) is 37.6 Å². The van der Waals surface area contributed by atoms with Crippen molar-refractivity contribution < 1.29 is 4.79 Å². The van der Waals surface area contributed by atoms with Gasteiger partial charge in [0.25, 0.3) is 0 Å². The monoisotopic (exact) mass is 317 g/mol. The topological polar surface area (TPSA) is 61.4 Å². The molecule has 1 aromatic heterocycles. The van der Waals surface area contributed by atoms with Gasteiger partial charge in [-0.15, -0.1) is 0 Å². The van der Waals surface area contributed by atoms with Crippen molar-refractivity contribution in [3.05, 3.63) is 18.5 Å². The summed E-state index contributed by atoms with van der Waals surface area (Å²) in [5, 5.41) is 3.55. The molecule has 1 aliphatic heterocycles. The minimum absolute atomic E-state index is 0.266. The zero-order chi connectivity index (χ0) is 15.9. The van der Waals surface area contributed by atoms with E-state index in [1.54, 1.807) is 12.4 Å². The molecule has 3 rings (SSSR count). The summed E-state index contributed by atoms with van der Waals surface area (Å²) in [4.78, 5) is 25.0. The SMILES string of the molecule is O=C(CCNC1CCCCC1)N1CCN(c2ncccn2)CC1. The number of nitrogens with zero attached hydrogens (tertiary/aromatic N) is 4. The van der Waals surface area contributed by atoms with E-state index in [0.29, 0.717) is 12.5 Å². The van der Waals surface area contributed by atoms with Gasteiger partial charge < -0.3 is 15.1 Å². The average molecular weight is 317 g/mol. The minimum atomic E-state index is 0.266. The molecule has 6 heteroatoms. The molecule has 1 aliphatic carbocycles. The van der Waals surface area contributed by atoms with Gasteiger partial charge >= 0.3 is 0 Å². The van der Waals surface area contributed by atoms with Crippen LogP contribution in [-0.2, 0) is 4.79 Å². The first-order chi connectivity index (χ1) is 11.3. The fourth-order valence-corrected chi connectivity index (χ4v) is 3.46. The molecule has 0 atom stereocenters. The lowest BCUT2D eigenvalue weighted by Gasteiger charge is -2.34. The first kappa shape index (κ1) is 16.2. The Labute approximate surface area is 138 Å². The minimum Gasteiger partial charge on any atom is -0.339 e. The molecule has 2 aliphatic rings. The van der Waals surface area contributed by atoms with E-state index in [4.69, 9.17) is 0 Å². The van der Waals surface area contributed by atoms with E-state index in [9.17, 15) is 4.79 Å². The van der Waals surface area contributed by atoms with Crippen LogP contribution in [0, 0.1) is 0 Å². The third-order valence-corrected chi connectivity index (χ3v) is 4.84. The zero-order valence-corrected chi connectivity index (χ0v) is 13.8. The van der Waals surface area contributed by atoms with Gasteiger partial charge in [0.05, 0.1) is 0 Å². The van der Waals surface area contributed by atoms with Crippen molar-refractivity contribution in [3.63, 3.8) is 0 Å². The molecule has 0 bridgehead atoms. The molecule has 1 amide bonds. The highest BCUT2D eigenvalue weighted by Gasteiger charge is 2.22. The van der Waals surface area contributed by atoms with Gasteiger partial charge in [0.2, 0.25) is 11.9 Å². The van der Waals surface area contributed by atoms with Gasteiger partial charge in [0.15, 0.2) is 0 Å². The lowest BCUT2D eigenvalue weighted by atomic mass is 9.95. The molecule has 2 heterocycles. The second kappa shape index (κ2) is 8.24. The number of carbonyl (C=O) groups is 1. The maximum Gasteiger partial charge on any atom is 0.225 e. The van der Waals surface area contributed by atoms with Gasteiger partial charge in [-0.25, -0.2) is 9.97 Å². The van der Waals surface area contributed by atoms with Crippen LogP contribution in [0.1, 0.15) is 38.5 Å². The largest absolute Gasteiger partial charge is 0.339 e. The second-order valence-electron chi connectivity index (χ2n) is 6.46. The van der Waals surface area contributed by atoms with E-state index in [1.165, 1.54) is 32.1 Å². The quantitative estimate of drug-likeness (QED) is 0.890. The molecule has 0 unspecified atom stereocenters. The Kier molecular flexibility index (Phi) is 5.80. The summed E-state index contributed by atoms with van der Waals surface area (Å²) in [6.07, 6.45) is 10.7. The Bertz CT molecular complexity index is 481. The van der Waals surface area contributed by atoms with Crippen molar-refractivity contribution in [2.24, 2.45) is 0 Å². The Morgan fingerprint density at radius 1 is 1.09 bits per heavy atom. The third-order valence-electron chi connectivity index (χ3n) is 4.84. The van der Waals surface area contributed by atoms with Gasteiger partial charge in [0.1, 0.15) is 0 Å². The predicted octanol–water partition coefficient (Wildman–Crippen LogP) is 1.44. The number of hydrogen-bond acceptors (Lipinski definition) is 5. The van der Waals surface area contributed by atoms with Crippen LogP contribution in [0.2, 0.25) is 0 Å². The summed E-state index contributed by atoms with van der Waals surface area (Å²) in [7, 11) is 0. The fraction of sp³-hybridized carbons (Fsp3) is 0.706. The highest BCUT2D eigenvalue weighted by Crippen LogP contribution is 2.17. The molecule has 1 saturated carbocycles. The van der Waals surface area contributed by atoms with Crippen molar-refractivity contribution in [2.45, 2.75) is 44.6 Å². The fourth-order valence-electron chi connectivity index (χ4n) is 3.46. The van der Waals surface area contributed by atoms with Crippen LogP contribution in [0.4, 0.5) is 5.95 Å². The van der Waals surface area contributed by atoms with Crippen LogP contribution < -0.4 is 10.2 Å². The smallest absolute Gasteiger partial charge is 0.225 e. The normalized spacial score (nSPS) is 19.8. The maximum atomic E-state index is 12.3. The number of carbonyl (C=O) groups excluding carboxylic acids is 1. The van der Waals surface area contributed by atoms with Gasteiger partial charge in [0, 0.05) is 57.6 Å². The molecule has 1 aromatic rings. The van der Waals surface area contributed by atoms with Crippen LogP contribution in [-0.4, -0.2) is 59.5 Å². The first-order valence-electron chi connectivity index (χ1n) is 8.86.